The Labute approximate surface area is 146 Å². The first-order chi connectivity index (χ1) is 12.1. The molecule has 0 radical (unpaired) electrons. The zero-order valence-corrected chi connectivity index (χ0v) is 14.2. The first-order valence-corrected chi connectivity index (χ1v) is 8.52. The fourth-order valence-electron chi connectivity index (χ4n) is 3.15. The predicted octanol–water partition coefficient (Wildman–Crippen LogP) is 0.815. The van der Waals surface area contributed by atoms with Crippen LogP contribution in [0, 0.1) is 5.92 Å². The number of aromatic nitrogens is 1. The van der Waals surface area contributed by atoms with Gasteiger partial charge in [-0.15, -0.1) is 6.58 Å². The Morgan fingerprint density at radius 2 is 2.36 bits per heavy atom. The fraction of sp³-hybridized carbons (Fsp3) is 0.500. The van der Waals surface area contributed by atoms with Crippen molar-refractivity contribution >= 4 is 11.9 Å². The van der Waals surface area contributed by atoms with Gasteiger partial charge in [0.15, 0.2) is 0 Å². The summed E-state index contributed by atoms with van der Waals surface area (Å²) in [4.78, 5) is 28.9. The molecule has 0 spiro atoms. The van der Waals surface area contributed by atoms with Gasteiger partial charge in [-0.2, -0.15) is 0 Å². The number of carbonyl (C=O) groups is 2. The summed E-state index contributed by atoms with van der Waals surface area (Å²) >= 11 is 0. The molecule has 0 aromatic carbocycles. The summed E-state index contributed by atoms with van der Waals surface area (Å²) in [5.74, 6) is -0.165. The highest BCUT2D eigenvalue weighted by Crippen LogP contribution is 2.45. The van der Waals surface area contributed by atoms with Crippen LogP contribution >= 0.6 is 0 Å². The van der Waals surface area contributed by atoms with Crippen LogP contribution in [0.15, 0.2) is 37.1 Å². The highest BCUT2D eigenvalue weighted by molar-refractivity contribution is 5.93. The van der Waals surface area contributed by atoms with E-state index in [1.165, 1.54) is 0 Å². The summed E-state index contributed by atoms with van der Waals surface area (Å²) in [6, 6.07) is 5.03. The highest BCUT2D eigenvalue weighted by atomic mass is 16.5. The minimum Gasteiger partial charge on any atom is -0.473 e. The number of nitrogens with one attached hydrogen (secondary N) is 2. The van der Waals surface area contributed by atoms with Crippen LogP contribution in [0.3, 0.4) is 0 Å². The quantitative estimate of drug-likeness (QED) is 0.562. The van der Waals surface area contributed by atoms with Gasteiger partial charge in [0.05, 0.1) is 12.6 Å². The largest absolute Gasteiger partial charge is 0.473 e. The molecule has 1 saturated heterocycles. The minimum absolute atomic E-state index is 0.0857. The van der Waals surface area contributed by atoms with Gasteiger partial charge in [0.1, 0.15) is 11.6 Å². The number of hydrogen-bond acceptors (Lipinski definition) is 6. The molecule has 1 aromatic heterocycles. The first-order valence-electron chi connectivity index (χ1n) is 8.52. The number of esters is 1. The van der Waals surface area contributed by atoms with E-state index in [0.717, 1.165) is 0 Å². The lowest BCUT2D eigenvalue weighted by Crippen LogP contribution is -2.51. The maximum atomic E-state index is 12.6. The molecule has 134 valence electrons. The molecule has 2 fully saturated rings. The van der Waals surface area contributed by atoms with E-state index in [1.807, 2.05) is 12.1 Å². The third-order valence-corrected chi connectivity index (χ3v) is 4.62. The topological polar surface area (TPSA) is 89.5 Å². The number of nitrogens with zero attached hydrogens (tertiary/aromatic N) is 1. The summed E-state index contributed by atoms with van der Waals surface area (Å²) in [6.07, 6.45) is 4.25. The molecule has 7 heteroatoms. The van der Waals surface area contributed by atoms with Crippen LogP contribution in [-0.2, 0) is 14.3 Å². The number of carbonyl (C=O) groups excluding carboxylic acids is 2. The van der Waals surface area contributed by atoms with Crippen molar-refractivity contribution in [2.75, 3.05) is 13.2 Å². The van der Waals surface area contributed by atoms with Gasteiger partial charge >= 0.3 is 5.97 Å². The SMILES string of the molecule is C=C[C@@H]1C[C@]1(NC(=O)[C@@H]1C[C@@H](Oc2ccccn2)CN1)C(=O)OCC. The van der Waals surface area contributed by atoms with Gasteiger partial charge in [0.2, 0.25) is 11.8 Å². The van der Waals surface area contributed by atoms with E-state index in [1.54, 1.807) is 25.3 Å². The van der Waals surface area contributed by atoms with E-state index >= 15 is 0 Å². The predicted molar refractivity (Wildman–Crippen MR) is 90.9 cm³/mol. The van der Waals surface area contributed by atoms with Gasteiger partial charge in [0, 0.05) is 31.1 Å². The second kappa shape index (κ2) is 7.23. The van der Waals surface area contributed by atoms with Crippen molar-refractivity contribution in [1.82, 2.24) is 15.6 Å². The lowest BCUT2D eigenvalue weighted by atomic mass is 10.1. The summed E-state index contributed by atoms with van der Waals surface area (Å²) in [7, 11) is 0. The average Bonchev–Trinajstić information content (AvgIpc) is 3.13. The van der Waals surface area contributed by atoms with Crippen molar-refractivity contribution in [3.05, 3.63) is 37.1 Å². The van der Waals surface area contributed by atoms with Gasteiger partial charge in [-0.3, -0.25) is 4.79 Å². The molecule has 2 aliphatic rings. The van der Waals surface area contributed by atoms with E-state index in [4.69, 9.17) is 9.47 Å². The van der Waals surface area contributed by atoms with Crippen LogP contribution in [0.4, 0.5) is 0 Å². The molecule has 1 aromatic rings. The molecule has 4 atom stereocenters. The third-order valence-electron chi connectivity index (χ3n) is 4.62. The highest BCUT2D eigenvalue weighted by Gasteiger charge is 2.61. The zero-order valence-electron chi connectivity index (χ0n) is 14.2. The Bertz CT molecular complexity index is 651. The molecule has 1 aliphatic carbocycles. The third kappa shape index (κ3) is 3.66. The fourth-order valence-corrected chi connectivity index (χ4v) is 3.15. The molecule has 1 aliphatic heterocycles. The molecule has 2 heterocycles. The summed E-state index contributed by atoms with van der Waals surface area (Å²) in [5.41, 5.74) is -0.962. The lowest BCUT2D eigenvalue weighted by Gasteiger charge is -2.20. The Balaban J connectivity index is 1.57. The van der Waals surface area contributed by atoms with Crippen LogP contribution in [-0.4, -0.2) is 47.7 Å². The molecule has 7 nitrogen and oxygen atoms in total. The number of ether oxygens (including phenoxy) is 2. The van der Waals surface area contributed by atoms with Crippen molar-refractivity contribution in [3.63, 3.8) is 0 Å². The standard InChI is InChI=1S/C18H23N3O4/c1-3-12-10-18(12,17(23)24-4-2)21-16(22)14-9-13(11-20-14)25-15-7-5-6-8-19-15/h3,5-8,12-14,20H,1,4,9-11H2,2H3,(H,21,22)/t12-,13-,14+,18-/m1/s1. The molecular weight excluding hydrogens is 322 g/mol. The Kier molecular flexibility index (Phi) is 5.03. The van der Waals surface area contributed by atoms with Gasteiger partial charge in [-0.05, 0) is 19.4 Å². The van der Waals surface area contributed by atoms with E-state index in [9.17, 15) is 9.59 Å². The van der Waals surface area contributed by atoms with Crippen LogP contribution in [0.25, 0.3) is 0 Å². The van der Waals surface area contributed by atoms with E-state index < -0.39 is 17.6 Å². The van der Waals surface area contributed by atoms with E-state index in [-0.39, 0.29) is 24.5 Å². The van der Waals surface area contributed by atoms with Crippen molar-refractivity contribution < 1.29 is 19.1 Å². The van der Waals surface area contributed by atoms with Crippen molar-refractivity contribution in [2.24, 2.45) is 5.92 Å². The summed E-state index contributed by atoms with van der Waals surface area (Å²) in [5, 5.41) is 6.00. The molecule has 25 heavy (non-hydrogen) atoms. The normalized spacial score (nSPS) is 30.4. The Hall–Kier alpha value is -2.41. The smallest absolute Gasteiger partial charge is 0.332 e. The zero-order chi connectivity index (χ0) is 17.9. The maximum absolute atomic E-state index is 12.6. The minimum atomic E-state index is -0.962. The van der Waals surface area contributed by atoms with Crippen molar-refractivity contribution in [2.45, 2.75) is 37.5 Å². The Morgan fingerprint density at radius 3 is 3.00 bits per heavy atom. The number of rotatable bonds is 7. The number of amides is 1. The number of pyridine rings is 1. The van der Waals surface area contributed by atoms with Gasteiger partial charge in [-0.25, -0.2) is 9.78 Å². The first kappa shape index (κ1) is 17.4. The second-order valence-corrected chi connectivity index (χ2v) is 6.33. The van der Waals surface area contributed by atoms with E-state index in [0.29, 0.717) is 25.3 Å². The second-order valence-electron chi connectivity index (χ2n) is 6.33. The van der Waals surface area contributed by atoms with Crippen LogP contribution < -0.4 is 15.4 Å². The molecule has 1 amide bonds. The summed E-state index contributed by atoms with van der Waals surface area (Å²) < 4.78 is 10.9. The molecule has 0 unspecified atom stereocenters. The number of hydrogen-bond donors (Lipinski definition) is 2. The van der Waals surface area contributed by atoms with E-state index in [2.05, 4.69) is 22.2 Å². The Morgan fingerprint density at radius 1 is 1.52 bits per heavy atom. The summed E-state index contributed by atoms with van der Waals surface area (Å²) in [6.45, 7) is 6.30. The molecule has 0 bridgehead atoms. The van der Waals surface area contributed by atoms with Gasteiger partial charge < -0.3 is 20.1 Å². The van der Waals surface area contributed by atoms with Crippen LogP contribution in [0.5, 0.6) is 5.88 Å². The molecule has 1 saturated carbocycles. The van der Waals surface area contributed by atoms with Crippen molar-refractivity contribution in [3.8, 4) is 5.88 Å². The monoisotopic (exact) mass is 345 g/mol. The van der Waals surface area contributed by atoms with Crippen molar-refractivity contribution in [1.29, 1.82) is 0 Å². The van der Waals surface area contributed by atoms with Gasteiger partial charge in [0.25, 0.3) is 0 Å². The van der Waals surface area contributed by atoms with Crippen LogP contribution in [0.1, 0.15) is 19.8 Å². The molecule has 2 N–H and O–H groups in total. The van der Waals surface area contributed by atoms with Crippen LogP contribution in [0.2, 0.25) is 0 Å². The average molecular weight is 345 g/mol. The molecule has 3 rings (SSSR count). The molecular formula is C18H23N3O4. The lowest BCUT2D eigenvalue weighted by molar-refractivity contribution is -0.149. The van der Waals surface area contributed by atoms with Gasteiger partial charge in [-0.1, -0.05) is 12.1 Å². The maximum Gasteiger partial charge on any atom is 0.332 e.